The molecule has 1 fully saturated rings. The van der Waals surface area contributed by atoms with E-state index < -0.39 is 59.8 Å². The number of fused-ring (bicyclic) bond motifs is 6. The molecule has 4 aromatic carbocycles. The maximum atomic E-state index is 14.6. The van der Waals surface area contributed by atoms with Crippen LogP contribution < -0.4 is 52.2 Å². The van der Waals surface area contributed by atoms with Gasteiger partial charge in [-0.2, -0.15) is 0 Å². The number of imide groups is 1. The molecule has 5 heterocycles. The van der Waals surface area contributed by atoms with Crippen molar-refractivity contribution < 1.29 is 57.4 Å². The maximum Gasteiger partial charge on any atom is 0.415 e. The minimum atomic E-state index is -1.07. The lowest BCUT2D eigenvalue weighted by Crippen LogP contribution is -2.55. The number of benzene rings is 4. The summed E-state index contributed by atoms with van der Waals surface area (Å²) < 4.78 is 11.9. The highest BCUT2D eigenvalue weighted by Gasteiger charge is 2.37. The number of hydrogen-bond acceptors (Lipinski definition) is 14. The zero-order valence-electron chi connectivity index (χ0n) is 48.7. The van der Waals surface area contributed by atoms with Crippen LogP contribution in [-0.4, -0.2) is 176 Å². The van der Waals surface area contributed by atoms with Gasteiger partial charge in [-0.15, -0.1) is 0 Å². The van der Waals surface area contributed by atoms with E-state index in [1.807, 2.05) is 55.6 Å². The van der Waals surface area contributed by atoms with Gasteiger partial charge in [0.05, 0.1) is 24.0 Å². The highest BCUT2D eigenvalue weighted by atomic mass is 79.9. The van der Waals surface area contributed by atoms with Crippen LogP contribution in [0.5, 0.6) is 5.75 Å². The highest BCUT2D eigenvalue weighted by molar-refractivity contribution is 9.09. The fraction of sp³-hybridized carbons (Fsp3) is 0.410. The molecule has 0 unspecified atom stereocenters. The lowest BCUT2D eigenvalue weighted by Gasteiger charge is -2.31. The third-order valence-electron chi connectivity index (χ3n) is 15.8. The minimum Gasteiger partial charge on any atom is -0.444 e. The number of piperazine rings is 1. The summed E-state index contributed by atoms with van der Waals surface area (Å²) in [6.45, 7) is 7.04. The van der Waals surface area contributed by atoms with Gasteiger partial charge in [0, 0.05) is 123 Å². The van der Waals surface area contributed by atoms with E-state index in [1.165, 1.54) is 12.2 Å². The Labute approximate surface area is 510 Å². The second-order valence-corrected chi connectivity index (χ2v) is 22.8. The zero-order chi connectivity index (χ0) is 61.9. The van der Waals surface area contributed by atoms with Gasteiger partial charge in [-0.1, -0.05) is 66.2 Å². The molecule has 0 radical (unpaired) electrons. The second-order valence-electron chi connectivity index (χ2n) is 22.2. The van der Waals surface area contributed by atoms with Crippen LogP contribution in [0.1, 0.15) is 72.6 Å². The van der Waals surface area contributed by atoms with Crippen molar-refractivity contribution in [2.45, 2.75) is 70.6 Å². The van der Waals surface area contributed by atoms with Crippen molar-refractivity contribution in [2.75, 3.05) is 99.5 Å². The van der Waals surface area contributed by atoms with Crippen LogP contribution in [0.15, 0.2) is 84.9 Å². The van der Waals surface area contributed by atoms with Gasteiger partial charge < -0.3 is 61.5 Å². The summed E-state index contributed by atoms with van der Waals surface area (Å²) in [4.78, 5) is 141. The molecule has 9 N–H and O–H groups in total. The van der Waals surface area contributed by atoms with E-state index in [2.05, 4.69) is 57.7 Å². The number of carbonyl (C=O) groups is 10. The lowest BCUT2D eigenvalue weighted by atomic mass is 9.95. The van der Waals surface area contributed by atoms with Crippen LogP contribution in [0, 0.1) is 5.92 Å². The third kappa shape index (κ3) is 15.2. The van der Waals surface area contributed by atoms with E-state index in [-0.39, 0.29) is 88.7 Å². The molecule has 4 aliphatic rings. The molecule has 1 saturated heterocycles. The van der Waals surface area contributed by atoms with Crippen molar-refractivity contribution in [3.63, 3.8) is 0 Å². The van der Waals surface area contributed by atoms with Crippen molar-refractivity contribution in [2.24, 2.45) is 11.7 Å². The number of rotatable bonds is 24. The topological polar surface area (TPSA) is 319 Å². The minimum absolute atomic E-state index is 0.0289. The lowest BCUT2D eigenvalue weighted by molar-refractivity contribution is -0.137. The normalized spacial score (nSPS) is 16.2. The number of nitrogens with one attached hydrogen (secondary N) is 7. The van der Waals surface area contributed by atoms with Gasteiger partial charge in [-0.3, -0.25) is 48.7 Å². The Morgan fingerprint density at radius 3 is 2.17 bits per heavy atom. The summed E-state index contributed by atoms with van der Waals surface area (Å²) in [7, 11) is 2.02. The first-order valence-corrected chi connectivity index (χ1v) is 30.2. The number of anilines is 3. The molecular weight excluding hydrogens is 1190 g/mol. The average molecular weight is 1260 g/mol. The van der Waals surface area contributed by atoms with E-state index in [0.717, 1.165) is 50.8 Å². The molecule has 460 valence electrons. The molecule has 9 rings (SSSR count). The average Bonchev–Trinajstić information content (AvgIpc) is 1.69. The molecule has 0 saturated carbocycles. The molecule has 5 aromatic rings. The van der Waals surface area contributed by atoms with E-state index >= 15 is 0 Å². The number of carbonyl (C=O) groups excluding carboxylic acids is 10. The predicted molar refractivity (Wildman–Crippen MR) is 328 cm³/mol. The predicted octanol–water partition coefficient (Wildman–Crippen LogP) is 4.33. The van der Waals surface area contributed by atoms with Gasteiger partial charge >= 0.3 is 18.2 Å². The number of urea groups is 1. The number of hydrogen-bond donors (Lipinski definition) is 8. The fourth-order valence-electron chi connectivity index (χ4n) is 11.1. The van der Waals surface area contributed by atoms with Crippen LogP contribution in [0.3, 0.4) is 0 Å². The molecule has 4 aliphatic heterocycles. The van der Waals surface area contributed by atoms with Gasteiger partial charge in [-0.25, -0.2) is 14.4 Å². The zero-order valence-corrected chi connectivity index (χ0v) is 50.3. The number of aromatic amines is 1. The SMILES string of the molecule is CC(C)[C@H](NCC(=O)NCCNC(=O)CCCN1C(=O)C=CC1=O)C(=O)N[C@@H](CCCNC(N)=O)C(=O)Nc1ccc(COC(=O)N2CCc3c2ccc2[nH]c(C(=O)N4C[C@@H](CBr)c5c4cc(OC(=O)N4CCN(C)CC4)c4ccccc54)cc32)cc1. The van der Waals surface area contributed by atoms with Crippen LogP contribution in [0.25, 0.3) is 21.7 Å². The maximum absolute atomic E-state index is 14.6. The molecular formula is C61H72BrN13O12. The van der Waals surface area contributed by atoms with Crippen LogP contribution in [0.4, 0.5) is 31.4 Å². The Balaban J connectivity index is 0.771. The first-order chi connectivity index (χ1) is 41.9. The van der Waals surface area contributed by atoms with E-state index in [4.69, 9.17) is 15.2 Å². The number of nitrogens with zero attached hydrogens (tertiary/aromatic N) is 5. The Hall–Kier alpha value is -8.88. The number of aromatic nitrogens is 1. The Morgan fingerprint density at radius 1 is 0.759 bits per heavy atom. The van der Waals surface area contributed by atoms with Gasteiger partial charge in [-0.05, 0) is 91.1 Å². The molecule has 26 heteroatoms. The number of H-pyrrole nitrogens is 1. The first kappa shape index (κ1) is 62.6. The summed E-state index contributed by atoms with van der Waals surface area (Å²) in [6.07, 6.45) is 2.64. The van der Waals surface area contributed by atoms with Crippen molar-refractivity contribution in [3.8, 4) is 5.75 Å². The summed E-state index contributed by atoms with van der Waals surface area (Å²) in [6, 6.07) is 19.0. The van der Waals surface area contributed by atoms with E-state index in [9.17, 15) is 47.9 Å². The molecule has 0 bridgehead atoms. The van der Waals surface area contributed by atoms with E-state index in [1.54, 1.807) is 52.8 Å². The Morgan fingerprint density at radius 2 is 1.47 bits per heavy atom. The van der Waals surface area contributed by atoms with Gasteiger partial charge in [0.25, 0.3) is 17.7 Å². The molecule has 87 heavy (non-hydrogen) atoms. The number of ether oxygens (including phenoxy) is 2. The van der Waals surface area contributed by atoms with Crippen molar-refractivity contribution in [1.29, 1.82) is 0 Å². The van der Waals surface area contributed by atoms with Crippen LogP contribution in [0.2, 0.25) is 0 Å². The molecule has 25 nitrogen and oxygen atoms in total. The van der Waals surface area contributed by atoms with Gasteiger partial charge in [0.2, 0.25) is 23.6 Å². The van der Waals surface area contributed by atoms with Crippen LogP contribution in [-0.2, 0) is 46.5 Å². The van der Waals surface area contributed by atoms with Gasteiger partial charge in [0.1, 0.15) is 24.1 Å². The Kier molecular flexibility index (Phi) is 20.6. The van der Waals surface area contributed by atoms with Gasteiger partial charge in [0.15, 0.2) is 0 Å². The highest BCUT2D eigenvalue weighted by Crippen LogP contribution is 2.47. The van der Waals surface area contributed by atoms with Crippen molar-refractivity contribution >= 4 is 114 Å². The molecule has 0 spiro atoms. The number of primary amides is 1. The standard InChI is InChI=1S/C61H72BrN13O12/c1-36(2)55(67-33-51(77)65-23-22-64-50(76)11-7-24-74-52(78)18-19-53(74)79)57(81)70-45(10-6-21-66-59(63)83)56(80)68-39-14-12-37(13-15-39)35-86-61(85)73-25-20-40-43-30-46(69-44(43)16-17-47(40)73)58(82)75-34-38(32-62)54-42-9-5-4-8-41(42)49(31-48(54)75)87-60(84)72-28-26-71(3)27-29-72/h4-5,8-9,12-19,30-31,36,38,45,55,67,69H,6-7,10-11,20-29,32-35H2,1-3H3,(H,64,76)(H,65,77)(H,68,80)(H,70,81)(H3,63,66,83)/t38-,45+,55+/m1/s1. The summed E-state index contributed by atoms with van der Waals surface area (Å²) in [5, 5.41) is 19.5. The van der Waals surface area contributed by atoms with E-state index in [0.29, 0.717) is 72.0 Å². The van der Waals surface area contributed by atoms with Crippen molar-refractivity contribution in [1.82, 2.24) is 46.3 Å². The quantitative estimate of drug-likeness (QED) is 0.0242. The first-order valence-electron chi connectivity index (χ1n) is 29.1. The number of likely N-dealkylation sites (N-methyl/N-ethyl adjacent to an activating group) is 1. The number of amides is 11. The number of nitrogens with two attached hydrogens (primary N) is 1. The molecule has 3 atom stereocenters. The smallest absolute Gasteiger partial charge is 0.415 e. The summed E-state index contributed by atoms with van der Waals surface area (Å²) in [5.41, 5.74) is 10.6. The molecule has 1 aromatic heterocycles. The summed E-state index contributed by atoms with van der Waals surface area (Å²) in [5.74, 6) is -2.89. The second kappa shape index (κ2) is 28.5. The fourth-order valence-corrected chi connectivity index (χ4v) is 11.7. The summed E-state index contributed by atoms with van der Waals surface area (Å²) >= 11 is 3.70. The monoisotopic (exact) mass is 1260 g/mol. The number of alkyl halides is 1. The molecule has 0 aliphatic carbocycles. The largest absolute Gasteiger partial charge is 0.444 e. The molecule has 11 amide bonds. The third-order valence-corrected chi connectivity index (χ3v) is 16.6. The number of halogens is 1. The van der Waals surface area contributed by atoms with Crippen molar-refractivity contribution in [3.05, 3.63) is 107 Å². The van der Waals surface area contributed by atoms with Crippen LogP contribution >= 0.6 is 15.9 Å². The Bertz CT molecular complexity index is 3470.